The zero-order valence-electron chi connectivity index (χ0n) is 14.3. The molecule has 0 N–H and O–H groups in total. The smallest absolute Gasteiger partial charge is 0.294 e. The molecule has 128 valence electrons. The van der Waals surface area contributed by atoms with Gasteiger partial charge in [0.1, 0.15) is 5.69 Å². The van der Waals surface area contributed by atoms with E-state index < -0.39 is 0 Å². The molecule has 2 aliphatic heterocycles. The third-order valence-electron chi connectivity index (χ3n) is 5.31. The van der Waals surface area contributed by atoms with Crippen LogP contribution in [-0.4, -0.2) is 52.7 Å². The van der Waals surface area contributed by atoms with Crippen molar-refractivity contribution < 1.29 is 9.63 Å². The number of likely N-dealkylation sites (tertiary alicyclic amines) is 1. The van der Waals surface area contributed by atoms with Gasteiger partial charge in [-0.05, 0) is 44.9 Å². The van der Waals surface area contributed by atoms with Gasteiger partial charge in [-0.25, -0.2) is 5.06 Å². The number of hydrogen-bond acceptors (Lipinski definition) is 3. The monoisotopic (exact) mass is 327 g/mol. The molecule has 0 saturated carbocycles. The number of amides is 1. The van der Waals surface area contributed by atoms with Crippen molar-refractivity contribution in [2.75, 3.05) is 26.2 Å². The Bertz CT molecular complexity index is 739. The molecule has 0 unspecified atom stereocenters. The Morgan fingerprint density at radius 3 is 2.92 bits per heavy atom. The summed E-state index contributed by atoms with van der Waals surface area (Å²) in [7, 11) is 0. The van der Waals surface area contributed by atoms with Crippen LogP contribution < -0.4 is 0 Å². The lowest BCUT2D eigenvalue weighted by atomic mass is 10.2. The van der Waals surface area contributed by atoms with E-state index in [9.17, 15) is 4.79 Å². The van der Waals surface area contributed by atoms with E-state index in [1.165, 1.54) is 19.4 Å². The van der Waals surface area contributed by atoms with Crippen LogP contribution in [0.2, 0.25) is 0 Å². The van der Waals surface area contributed by atoms with E-state index in [0.717, 1.165) is 36.1 Å². The summed E-state index contributed by atoms with van der Waals surface area (Å²) in [5.74, 6) is -0.0213. The Morgan fingerprint density at radius 2 is 2.08 bits per heavy atom. The van der Waals surface area contributed by atoms with Gasteiger partial charge in [0.2, 0.25) is 0 Å². The average molecular weight is 327 g/mol. The van der Waals surface area contributed by atoms with Gasteiger partial charge in [0.25, 0.3) is 5.91 Å². The number of fused-ring (bicyclic) bond motifs is 3. The predicted molar refractivity (Wildman–Crippen MR) is 93.8 cm³/mol. The summed E-state index contributed by atoms with van der Waals surface area (Å²) in [5, 5.41) is 2.66. The van der Waals surface area contributed by atoms with Crippen molar-refractivity contribution in [2.24, 2.45) is 0 Å². The van der Waals surface area contributed by atoms with Crippen molar-refractivity contribution in [2.45, 2.75) is 38.8 Å². The van der Waals surface area contributed by atoms with Crippen molar-refractivity contribution in [3.63, 3.8) is 0 Å². The number of nitrogens with zero attached hydrogens (tertiary/aromatic N) is 3. The number of hydrogen-bond donors (Lipinski definition) is 0. The number of hydroxylamine groups is 2. The van der Waals surface area contributed by atoms with Crippen LogP contribution in [-0.2, 0) is 11.4 Å². The number of rotatable bonds is 5. The van der Waals surface area contributed by atoms with Crippen LogP contribution in [0.25, 0.3) is 10.9 Å². The van der Waals surface area contributed by atoms with E-state index >= 15 is 0 Å². The predicted octanol–water partition coefficient (Wildman–Crippen LogP) is 2.90. The fraction of sp³-hybridized carbons (Fsp3) is 0.526. The van der Waals surface area contributed by atoms with Crippen molar-refractivity contribution in [1.82, 2.24) is 14.5 Å². The summed E-state index contributed by atoms with van der Waals surface area (Å²) in [6, 6.07) is 10.8. The maximum Gasteiger partial charge on any atom is 0.294 e. The Balaban J connectivity index is 1.35. The highest BCUT2D eigenvalue weighted by Gasteiger charge is 2.27. The SMILES string of the molecule is C[C@H]1CCCN1CCCON1CCn2c(cc3ccccc32)C1=O. The first-order chi connectivity index (χ1) is 11.7. The second-order valence-electron chi connectivity index (χ2n) is 6.86. The number of aromatic nitrogens is 1. The minimum Gasteiger partial charge on any atom is -0.335 e. The highest BCUT2D eigenvalue weighted by Crippen LogP contribution is 2.24. The number of carbonyl (C=O) groups excluding carboxylic acids is 1. The topological polar surface area (TPSA) is 37.7 Å². The number of carbonyl (C=O) groups is 1. The van der Waals surface area contributed by atoms with E-state index in [1.54, 1.807) is 5.06 Å². The summed E-state index contributed by atoms with van der Waals surface area (Å²) in [4.78, 5) is 21.0. The zero-order chi connectivity index (χ0) is 16.5. The zero-order valence-corrected chi connectivity index (χ0v) is 14.3. The Morgan fingerprint density at radius 1 is 1.21 bits per heavy atom. The highest BCUT2D eigenvalue weighted by atomic mass is 16.7. The number of para-hydroxylation sites is 1. The van der Waals surface area contributed by atoms with E-state index in [1.807, 2.05) is 18.2 Å². The molecule has 1 amide bonds. The van der Waals surface area contributed by atoms with Crippen LogP contribution in [0.3, 0.4) is 0 Å². The minimum atomic E-state index is -0.0213. The fourth-order valence-corrected chi connectivity index (χ4v) is 3.94. The van der Waals surface area contributed by atoms with E-state index in [2.05, 4.69) is 28.5 Å². The van der Waals surface area contributed by atoms with Gasteiger partial charge in [0, 0.05) is 30.0 Å². The lowest BCUT2D eigenvalue weighted by Crippen LogP contribution is -2.40. The fourth-order valence-electron chi connectivity index (χ4n) is 3.94. The van der Waals surface area contributed by atoms with Crippen molar-refractivity contribution >= 4 is 16.8 Å². The van der Waals surface area contributed by atoms with E-state index in [-0.39, 0.29) is 5.91 Å². The van der Waals surface area contributed by atoms with Crippen LogP contribution in [0.5, 0.6) is 0 Å². The molecule has 1 atom stereocenters. The second-order valence-corrected chi connectivity index (χ2v) is 6.86. The normalized spacial score (nSPS) is 21.6. The van der Waals surface area contributed by atoms with Crippen molar-refractivity contribution in [3.05, 3.63) is 36.0 Å². The van der Waals surface area contributed by atoms with Gasteiger partial charge in [-0.1, -0.05) is 18.2 Å². The summed E-state index contributed by atoms with van der Waals surface area (Å²) in [6.45, 7) is 6.56. The molecular weight excluding hydrogens is 302 g/mol. The van der Waals surface area contributed by atoms with Crippen LogP contribution in [0.1, 0.15) is 36.7 Å². The summed E-state index contributed by atoms with van der Waals surface area (Å²) >= 11 is 0. The molecule has 5 nitrogen and oxygen atoms in total. The first-order valence-corrected chi connectivity index (χ1v) is 9.01. The van der Waals surface area contributed by atoms with Gasteiger partial charge in [0.05, 0.1) is 13.2 Å². The lowest BCUT2D eigenvalue weighted by molar-refractivity contribution is -0.130. The summed E-state index contributed by atoms with van der Waals surface area (Å²) < 4.78 is 2.10. The standard InChI is InChI=1S/C19H25N3O2/c1-15-6-4-9-20(15)10-5-13-24-22-12-11-21-17-8-3-2-7-16(17)14-18(21)19(22)23/h2-3,7-8,14-15H,4-6,9-13H2,1H3/t15-/m0/s1. The van der Waals surface area contributed by atoms with Crippen molar-refractivity contribution in [1.29, 1.82) is 0 Å². The molecule has 24 heavy (non-hydrogen) atoms. The Hall–Kier alpha value is -1.85. The van der Waals surface area contributed by atoms with Gasteiger partial charge in [0.15, 0.2) is 0 Å². The molecule has 4 rings (SSSR count). The van der Waals surface area contributed by atoms with Crippen LogP contribution in [0, 0.1) is 0 Å². The van der Waals surface area contributed by atoms with E-state index in [0.29, 0.717) is 19.2 Å². The largest absolute Gasteiger partial charge is 0.335 e. The van der Waals surface area contributed by atoms with Crippen LogP contribution >= 0.6 is 0 Å². The third kappa shape index (κ3) is 2.82. The van der Waals surface area contributed by atoms with Gasteiger partial charge >= 0.3 is 0 Å². The molecule has 1 fully saturated rings. The molecule has 1 saturated heterocycles. The Kier molecular flexibility index (Phi) is 4.29. The maximum atomic E-state index is 12.7. The molecule has 5 heteroatoms. The average Bonchev–Trinajstić information content (AvgIpc) is 3.17. The highest BCUT2D eigenvalue weighted by molar-refractivity contribution is 5.98. The summed E-state index contributed by atoms with van der Waals surface area (Å²) in [6.07, 6.45) is 3.57. The quantitative estimate of drug-likeness (QED) is 0.793. The molecule has 1 aromatic carbocycles. The third-order valence-corrected chi connectivity index (χ3v) is 5.31. The molecule has 0 radical (unpaired) electrons. The van der Waals surface area contributed by atoms with Crippen LogP contribution in [0.15, 0.2) is 30.3 Å². The van der Waals surface area contributed by atoms with Gasteiger partial charge in [-0.15, -0.1) is 0 Å². The second kappa shape index (κ2) is 6.57. The molecule has 1 aromatic heterocycles. The molecule has 2 aliphatic rings. The summed E-state index contributed by atoms with van der Waals surface area (Å²) in [5.41, 5.74) is 1.86. The van der Waals surface area contributed by atoms with Crippen molar-refractivity contribution in [3.8, 4) is 0 Å². The Labute approximate surface area is 142 Å². The molecule has 0 aliphatic carbocycles. The van der Waals surface area contributed by atoms with E-state index in [4.69, 9.17) is 4.84 Å². The lowest BCUT2D eigenvalue weighted by Gasteiger charge is -2.28. The molecule has 3 heterocycles. The van der Waals surface area contributed by atoms with Gasteiger partial charge in [-0.3, -0.25) is 9.63 Å². The van der Waals surface area contributed by atoms with Gasteiger partial charge in [-0.2, -0.15) is 0 Å². The first kappa shape index (κ1) is 15.7. The molecule has 2 aromatic rings. The number of benzene rings is 1. The first-order valence-electron chi connectivity index (χ1n) is 9.01. The van der Waals surface area contributed by atoms with Crippen LogP contribution in [0.4, 0.5) is 0 Å². The molecule has 0 bridgehead atoms. The molecule has 0 spiro atoms. The molecular formula is C19H25N3O2. The minimum absolute atomic E-state index is 0.0213. The maximum absolute atomic E-state index is 12.7. The van der Waals surface area contributed by atoms with Gasteiger partial charge < -0.3 is 9.47 Å².